The Labute approximate surface area is 163 Å². The Balaban J connectivity index is 2.97. The number of nitrogens with one attached hydrogen (secondary N) is 1. The number of carbonyl (C=O) groups is 4. The van der Waals surface area contributed by atoms with Crippen molar-refractivity contribution in [3.05, 3.63) is 11.3 Å². The number of hydrogen-bond donors (Lipinski definition) is 1. The van der Waals surface area contributed by atoms with Gasteiger partial charge in [0.1, 0.15) is 11.8 Å². The first-order chi connectivity index (χ1) is 13.3. The fourth-order valence-corrected chi connectivity index (χ4v) is 2.82. The summed E-state index contributed by atoms with van der Waals surface area (Å²) in [6.07, 6.45) is 0.604. The lowest BCUT2D eigenvalue weighted by molar-refractivity contribution is -0.158. The molecule has 10 nitrogen and oxygen atoms in total. The molecule has 0 radical (unpaired) electrons. The topological polar surface area (TPSA) is 130 Å². The van der Waals surface area contributed by atoms with Crippen LogP contribution in [0, 0.1) is 11.8 Å². The van der Waals surface area contributed by atoms with Gasteiger partial charge in [-0.3, -0.25) is 19.4 Å². The van der Waals surface area contributed by atoms with Gasteiger partial charge in [-0.2, -0.15) is 0 Å². The Bertz CT molecular complexity index is 683. The van der Waals surface area contributed by atoms with Crippen LogP contribution in [-0.2, 0) is 38.1 Å². The molecule has 28 heavy (non-hydrogen) atoms. The summed E-state index contributed by atoms with van der Waals surface area (Å²) in [5.74, 6) is -5.47. The maximum absolute atomic E-state index is 12.7. The number of carbonyl (C=O) groups excluding carboxylic acids is 4. The second-order valence-electron chi connectivity index (χ2n) is 6.03. The van der Waals surface area contributed by atoms with Crippen LogP contribution in [-0.4, -0.2) is 70.6 Å². The highest BCUT2D eigenvalue weighted by Gasteiger charge is 2.46. The van der Waals surface area contributed by atoms with Crippen molar-refractivity contribution in [2.24, 2.45) is 16.8 Å². The largest absolute Gasteiger partial charge is 0.468 e. The normalized spacial score (nSPS) is 18.8. The Kier molecular flexibility index (Phi) is 9.29. The van der Waals surface area contributed by atoms with E-state index in [1.165, 1.54) is 6.92 Å². The smallest absolute Gasteiger partial charge is 0.336 e. The number of ether oxygens (including phenoxy) is 4. The van der Waals surface area contributed by atoms with Crippen LogP contribution in [0.5, 0.6) is 0 Å². The summed E-state index contributed by atoms with van der Waals surface area (Å²) >= 11 is 0. The van der Waals surface area contributed by atoms with Gasteiger partial charge in [0, 0.05) is 31.7 Å². The van der Waals surface area contributed by atoms with E-state index >= 15 is 0 Å². The molecule has 1 amide bonds. The molecular formula is C18H26N2O8. The van der Waals surface area contributed by atoms with Gasteiger partial charge in [0.15, 0.2) is 6.61 Å². The molecule has 2 atom stereocenters. The zero-order valence-corrected chi connectivity index (χ0v) is 16.7. The molecule has 1 heterocycles. The summed E-state index contributed by atoms with van der Waals surface area (Å²) in [5.41, 5.74) is 0.424. The van der Waals surface area contributed by atoms with Gasteiger partial charge in [0.05, 0.1) is 19.8 Å². The standard InChI is InChI=1S/C18H26N2O8/c1-10-13(16(22)26-4)15(14(11(2)20-10)17(23)27-5)18(24)28-9-12(21)19-7-6-8-25-3/h13,15H,6-9H2,1-5H3,(H,19,21)/t13?,15-/m0/s1. The molecule has 0 saturated carbocycles. The molecule has 1 N–H and O–H groups in total. The predicted octanol–water partition coefficient (Wildman–Crippen LogP) is 0.00920. The van der Waals surface area contributed by atoms with Gasteiger partial charge < -0.3 is 24.3 Å². The Morgan fingerprint density at radius 1 is 1.00 bits per heavy atom. The lowest BCUT2D eigenvalue weighted by Crippen LogP contribution is -2.43. The van der Waals surface area contributed by atoms with Gasteiger partial charge in [0.25, 0.3) is 5.91 Å². The van der Waals surface area contributed by atoms with Crippen LogP contribution in [0.15, 0.2) is 16.3 Å². The van der Waals surface area contributed by atoms with E-state index in [4.69, 9.17) is 18.9 Å². The van der Waals surface area contributed by atoms with Gasteiger partial charge in [-0.1, -0.05) is 0 Å². The number of methoxy groups -OCH3 is 3. The molecule has 10 heteroatoms. The van der Waals surface area contributed by atoms with Gasteiger partial charge >= 0.3 is 17.9 Å². The fraction of sp³-hybridized carbons (Fsp3) is 0.611. The number of hydrogen-bond acceptors (Lipinski definition) is 9. The van der Waals surface area contributed by atoms with Crippen LogP contribution in [0.4, 0.5) is 0 Å². The molecule has 0 aromatic rings. The SMILES string of the molecule is COCCCNC(=O)COC(=O)[C@@H]1C(C(=O)OC)=C(C)N=C(C)C1C(=O)OC. The summed E-state index contributed by atoms with van der Waals surface area (Å²) in [6, 6.07) is 0. The molecule has 0 spiro atoms. The van der Waals surface area contributed by atoms with Crippen molar-refractivity contribution in [2.75, 3.05) is 41.1 Å². The molecule has 0 aromatic carbocycles. The van der Waals surface area contributed by atoms with Crippen molar-refractivity contribution in [1.82, 2.24) is 5.32 Å². The molecule has 1 aliphatic heterocycles. The molecule has 0 saturated heterocycles. The van der Waals surface area contributed by atoms with Gasteiger partial charge in [-0.25, -0.2) is 4.79 Å². The molecular weight excluding hydrogens is 372 g/mol. The zero-order chi connectivity index (χ0) is 21.3. The third-order valence-corrected chi connectivity index (χ3v) is 4.14. The van der Waals surface area contributed by atoms with Gasteiger partial charge in [0.2, 0.25) is 0 Å². The summed E-state index contributed by atoms with van der Waals surface area (Å²) in [4.78, 5) is 53.1. The van der Waals surface area contributed by atoms with Crippen molar-refractivity contribution in [3.8, 4) is 0 Å². The van der Waals surface area contributed by atoms with Crippen LogP contribution < -0.4 is 5.32 Å². The monoisotopic (exact) mass is 398 g/mol. The summed E-state index contributed by atoms with van der Waals surface area (Å²) in [7, 11) is 3.86. The van der Waals surface area contributed by atoms with Crippen molar-refractivity contribution >= 4 is 29.5 Å². The molecule has 0 bridgehead atoms. The van der Waals surface area contributed by atoms with E-state index in [9.17, 15) is 19.2 Å². The van der Waals surface area contributed by atoms with E-state index in [2.05, 4.69) is 10.3 Å². The third-order valence-electron chi connectivity index (χ3n) is 4.14. The minimum atomic E-state index is -1.32. The highest BCUT2D eigenvalue weighted by atomic mass is 16.5. The van der Waals surface area contributed by atoms with E-state index in [0.29, 0.717) is 25.3 Å². The second-order valence-corrected chi connectivity index (χ2v) is 6.03. The third kappa shape index (κ3) is 5.88. The maximum atomic E-state index is 12.7. The van der Waals surface area contributed by atoms with Gasteiger partial charge in [-0.05, 0) is 20.3 Å². The van der Waals surface area contributed by atoms with Crippen molar-refractivity contribution in [2.45, 2.75) is 20.3 Å². The average Bonchev–Trinajstić information content (AvgIpc) is 2.67. The van der Waals surface area contributed by atoms with E-state index in [0.717, 1.165) is 14.2 Å². The van der Waals surface area contributed by atoms with E-state index in [-0.39, 0.29) is 11.3 Å². The van der Waals surface area contributed by atoms with Crippen molar-refractivity contribution in [1.29, 1.82) is 0 Å². The first-order valence-electron chi connectivity index (χ1n) is 8.62. The number of allylic oxidation sites excluding steroid dienone is 1. The first kappa shape index (κ1) is 23.3. The molecule has 0 fully saturated rings. The number of nitrogens with zero attached hydrogens (tertiary/aromatic N) is 1. The zero-order valence-electron chi connectivity index (χ0n) is 16.7. The predicted molar refractivity (Wildman–Crippen MR) is 97.3 cm³/mol. The second kappa shape index (κ2) is 11.2. The van der Waals surface area contributed by atoms with Crippen molar-refractivity contribution in [3.63, 3.8) is 0 Å². The summed E-state index contributed by atoms with van der Waals surface area (Å²) in [6.45, 7) is 3.35. The number of amides is 1. The lowest BCUT2D eigenvalue weighted by atomic mass is 9.80. The summed E-state index contributed by atoms with van der Waals surface area (Å²) in [5, 5.41) is 2.57. The number of esters is 3. The van der Waals surface area contributed by atoms with E-state index in [1.54, 1.807) is 14.0 Å². The highest BCUT2D eigenvalue weighted by Crippen LogP contribution is 2.33. The maximum Gasteiger partial charge on any atom is 0.336 e. The summed E-state index contributed by atoms with van der Waals surface area (Å²) < 4.78 is 19.4. The number of rotatable bonds is 9. The van der Waals surface area contributed by atoms with Crippen LogP contribution in [0.25, 0.3) is 0 Å². The Morgan fingerprint density at radius 2 is 1.68 bits per heavy atom. The molecule has 1 rings (SSSR count). The Hall–Kier alpha value is -2.75. The minimum Gasteiger partial charge on any atom is -0.468 e. The highest BCUT2D eigenvalue weighted by molar-refractivity contribution is 6.10. The van der Waals surface area contributed by atoms with Gasteiger partial charge in [-0.15, -0.1) is 0 Å². The van der Waals surface area contributed by atoms with Crippen LogP contribution in [0.2, 0.25) is 0 Å². The molecule has 0 aromatic heterocycles. The van der Waals surface area contributed by atoms with Crippen LogP contribution in [0.1, 0.15) is 20.3 Å². The fourth-order valence-electron chi connectivity index (χ4n) is 2.82. The Morgan fingerprint density at radius 3 is 2.25 bits per heavy atom. The van der Waals surface area contributed by atoms with E-state index in [1.807, 2.05) is 0 Å². The average molecular weight is 398 g/mol. The van der Waals surface area contributed by atoms with Crippen LogP contribution in [0.3, 0.4) is 0 Å². The first-order valence-corrected chi connectivity index (χ1v) is 8.62. The van der Waals surface area contributed by atoms with E-state index < -0.39 is 42.3 Å². The molecule has 1 unspecified atom stereocenters. The minimum absolute atomic E-state index is 0.103. The lowest BCUT2D eigenvalue weighted by Gasteiger charge is -2.29. The molecule has 0 aliphatic carbocycles. The van der Waals surface area contributed by atoms with Crippen LogP contribution >= 0.6 is 0 Å². The molecule has 156 valence electrons. The quantitative estimate of drug-likeness (QED) is 0.327. The number of aliphatic imine (C=N–C) groups is 1. The van der Waals surface area contributed by atoms with Crippen molar-refractivity contribution < 1.29 is 38.1 Å². The molecule has 1 aliphatic rings.